The summed E-state index contributed by atoms with van der Waals surface area (Å²) >= 11 is 0. The van der Waals surface area contributed by atoms with E-state index in [1.165, 1.54) is 0 Å². The highest BCUT2D eigenvalue weighted by molar-refractivity contribution is 5.46. The van der Waals surface area contributed by atoms with E-state index >= 15 is 0 Å². The number of aryl methyl sites for hydroxylation is 1. The largest absolute Gasteiger partial charge is 0.378 e. The molecule has 2 aromatic rings. The summed E-state index contributed by atoms with van der Waals surface area (Å²) in [6.07, 6.45) is 4.28. The molecule has 9 heteroatoms. The standard InChI is InChI=1S/C18H28N8O/c1-2-16-13-17(22-18(21-16)25-9-11-27-12-10-25)24-6-3-23(4-7-24)5-8-26-15-19-14-20-26/h13-15H,2-12H2,1H3. The first-order valence-corrected chi connectivity index (χ1v) is 9.82. The summed E-state index contributed by atoms with van der Waals surface area (Å²) in [7, 11) is 0. The number of morpholine rings is 1. The number of aromatic nitrogens is 5. The van der Waals surface area contributed by atoms with Gasteiger partial charge in [-0.3, -0.25) is 9.58 Å². The lowest BCUT2D eigenvalue weighted by atomic mass is 10.2. The number of hydrogen-bond acceptors (Lipinski definition) is 8. The van der Waals surface area contributed by atoms with Crippen LogP contribution in [0.3, 0.4) is 0 Å². The van der Waals surface area contributed by atoms with Gasteiger partial charge in [-0.05, 0) is 6.42 Å². The van der Waals surface area contributed by atoms with Crippen LogP contribution in [0, 0.1) is 0 Å². The second kappa shape index (κ2) is 8.62. The minimum atomic E-state index is 0.749. The minimum absolute atomic E-state index is 0.749. The van der Waals surface area contributed by atoms with E-state index < -0.39 is 0 Å². The van der Waals surface area contributed by atoms with Crippen LogP contribution in [0.5, 0.6) is 0 Å². The van der Waals surface area contributed by atoms with Gasteiger partial charge in [-0.1, -0.05) is 6.92 Å². The van der Waals surface area contributed by atoms with Crippen LogP contribution in [0.1, 0.15) is 12.6 Å². The quantitative estimate of drug-likeness (QED) is 0.716. The first-order valence-electron chi connectivity index (χ1n) is 9.82. The first-order chi connectivity index (χ1) is 13.3. The van der Waals surface area contributed by atoms with E-state index in [1.807, 2.05) is 4.68 Å². The van der Waals surface area contributed by atoms with Crippen molar-refractivity contribution < 1.29 is 4.74 Å². The summed E-state index contributed by atoms with van der Waals surface area (Å²) in [4.78, 5) is 20.7. The van der Waals surface area contributed by atoms with Crippen LogP contribution >= 0.6 is 0 Å². The van der Waals surface area contributed by atoms with E-state index in [0.29, 0.717) is 0 Å². The molecule has 2 aliphatic rings. The Hall–Kier alpha value is -2.26. The average molecular weight is 372 g/mol. The van der Waals surface area contributed by atoms with Crippen LogP contribution in [-0.2, 0) is 17.7 Å². The summed E-state index contributed by atoms with van der Waals surface area (Å²) < 4.78 is 7.35. The molecule has 0 radical (unpaired) electrons. The molecule has 0 amide bonds. The third kappa shape index (κ3) is 4.54. The average Bonchev–Trinajstić information content (AvgIpc) is 3.26. The van der Waals surface area contributed by atoms with Crippen LogP contribution in [-0.4, -0.2) is 88.7 Å². The monoisotopic (exact) mass is 372 g/mol. The van der Waals surface area contributed by atoms with Gasteiger partial charge in [0.2, 0.25) is 5.95 Å². The molecule has 4 rings (SSSR count). The van der Waals surface area contributed by atoms with Crippen molar-refractivity contribution in [3.63, 3.8) is 0 Å². The smallest absolute Gasteiger partial charge is 0.227 e. The molecule has 2 saturated heterocycles. The molecule has 2 fully saturated rings. The van der Waals surface area contributed by atoms with Gasteiger partial charge in [-0.15, -0.1) is 0 Å². The Labute approximate surface area is 160 Å². The van der Waals surface area contributed by atoms with Crippen LogP contribution < -0.4 is 9.80 Å². The molecule has 0 saturated carbocycles. The number of anilines is 2. The molecule has 27 heavy (non-hydrogen) atoms. The molecular weight excluding hydrogens is 344 g/mol. The number of ether oxygens (including phenoxy) is 1. The van der Waals surface area contributed by atoms with Gasteiger partial charge < -0.3 is 14.5 Å². The van der Waals surface area contributed by atoms with E-state index in [0.717, 1.165) is 89.5 Å². The van der Waals surface area contributed by atoms with Crippen molar-refractivity contribution in [2.45, 2.75) is 19.9 Å². The normalized spacial score (nSPS) is 18.9. The fourth-order valence-corrected chi connectivity index (χ4v) is 3.51. The lowest BCUT2D eigenvalue weighted by molar-refractivity contribution is 0.122. The highest BCUT2D eigenvalue weighted by atomic mass is 16.5. The summed E-state index contributed by atoms with van der Waals surface area (Å²) in [5.74, 6) is 1.90. The molecular formula is C18H28N8O. The van der Waals surface area contributed by atoms with Crippen LogP contribution in [0.25, 0.3) is 0 Å². The van der Waals surface area contributed by atoms with Crippen molar-refractivity contribution in [2.75, 3.05) is 68.8 Å². The highest BCUT2D eigenvalue weighted by Gasteiger charge is 2.21. The summed E-state index contributed by atoms with van der Waals surface area (Å²) in [5, 5.41) is 4.17. The topological polar surface area (TPSA) is 75.4 Å². The van der Waals surface area contributed by atoms with Crippen molar-refractivity contribution in [1.29, 1.82) is 0 Å². The number of rotatable bonds is 6. The van der Waals surface area contributed by atoms with E-state index in [9.17, 15) is 0 Å². The van der Waals surface area contributed by atoms with E-state index in [4.69, 9.17) is 14.7 Å². The predicted octanol–water partition coefficient (Wildman–Crippen LogP) is 0.289. The van der Waals surface area contributed by atoms with Crippen LogP contribution in [0.4, 0.5) is 11.8 Å². The molecule has 0 bridgehead atoms. The Morgan fingerprint density at radius 3 is 2.48 bits per heavy atom. The Kier molecular flexibility index (Phi) is 5.78. The molecule has 0 unspecified atom stereocenters. The molecule has 0 aliphatic carbocycles. The maximum Gasteiger partial charge on any atom is 0.227 e. The van der Waals surface area contributed by atoms with Crippen LogP contribution in [0.15, 0.2) is 18.7 Å². The third-order valence-electron chi connectivity index (χ3n) is 5.22. The van der Waals surface area contributed by atoms with E-state index in [-0.39, 0.29) is 0 Å². The van der Waals surface area contributed by atoms with Gasteiger partial charge in [0, 0.05) is 57.6 Å². The van der Waals surface area contributed by atoms with E-state index in [2.05, 4.69) is 37.8 Å². The van der Waals surface area contributed by atoms with Gasteiger partial charge in [0.15, 0.2) is 0 Å². The lowest BCUT2D eigenvalue weighted by Gasteiger charge is -2.36. The first kappa shape index (κ1) is 18.1. The molecule has 2 aliphatic heterocycles. The lowest BCUT2D eigenvalue weighted by Crippen LogP contribution is -2.47. The Morgan fingerprint density at radius 1 is 0.963 bits per heavy atom. The zero-order chi connectivity index (χ0) is 18.5. The Balaban J connectivity index is 1.38. The third-order valence-corrected chi connectivity index (χ3v) is 5.22. The van der Waals surface area contributed by atoms with Crippen molar-refractivity contribution in [1.82, 2.24) is 29.6 Å². The van der Waals surface area contributed by atoms with Gasteiger partial charge in [-0.2, -0.15) is 10.1 Å². The Bertz CT molecular complexity index is 708. The maximum absolute atomic E-state index is 5.46. The summed E-state index contributed by atoms with van der Waals surface area (Å²) in [6.45, 7) is 11.3. The SMILES string of the molecule is CCc1cc(N2CCN(CCn3cncn3)CC2)nc(N2CCOCC2)n1. The van der Waals surface area contributed by atoms with Gasteiger partial charge in [-0.25, -0.2) is 9.97 Å². The molecule has 4 heterocycles. The number of nitrogens with zero attached hydrogens (tertiary/aromatic N) is 8. The van der Waals surface area contributed by atoms with Crippen LogP contribution in [0.2, 0.25) is 0 Å². The fraction of sp³-hybridized carbons (Fsp3) is 0.667. The Morgan fingerprint density at radius 2 is 1.78 bits per heavy atom. The molecule has 0 spiro atoms. The van der Waals surface area contributed by atoms with Crippen molar-refractivity contribution in [3.05, 3.63) is 24.4 Å². The summed E-state index contributed by atoms with van der Waals surface area (Å²) in [6, 6.07) is 2.15. The van der Waals surface area contributed by atoms with E-state index in [1.54, 1.807) is 12.7 Å². The fourth-order valence-electron chi connectivity index (χ4n) is 3.51. The molecule has 0 N–H and O–H groups in total. The molecule has 0 atom stereocenters. The maximum atomic E-state index is 5.46. The number of hydrogen-bond donors (Lipinski definition) is 0. The van der Waals surface area contributed by atoms with Gasteiger partial charge in [0.05, 0.1) is 19.8 Å². The molecule has 9 nitrogen and oxygen atoms in total. The van der Waals surface area contributed by atoms with Crippen molar-refractivity contribution >= 4 is 11.8 Å². The minimum Gasteiger partial charge on any atom is -0.378 e. The number of piperazine rings is 1. The van der Waals surface area contributed by atoms with Crippen molar-refractivity contribution in [2.24, 2.45) is 0 Å². The molecule has 0 aromatic carbocycles. The molecule has 2 aromatic heterocycles. The zero-order valence-corrected chi connectivity index (χ0v) is 16.0. The second-order valence-corrected chi connectivity index (χ2v) is 6.96. The van der Waals surface area contributed by atoms with Gasteiger partial charge in [0.1, 0.15) is 18.5 Å². The van der Waals surface area contributed by atoms with Gasteiger partial charge in [0.25, 0.3) is 0 Å². The predicted molar refractivity (Wildman–Crippen MR) is 103 cm³/mol. The molecule has 146 valence electrons. The van der Waals surface area contributed by atoms with Crippen molar-refractivity contribution in [3.8, 4) is 0 Å². The zero-order valence-electron chi connectivity index (χ0n) is 16.0. The second-order valence-electron chi connectivity index (χ2n) is 6.96. The highest BCUT2D eigenvalue weighted by Crippen LogP contribution is 2.20. The summed E-state index contributed by atoms with van der Waals surface area (Å²) in [5.41, 5.74) is 1.11. The van der Waals surface area contributed by atoms with Gasteiger partial charge >= 0.3 is 0 Å².